The summed E-state index contributed by atoms with van der Waals surface area (Å²) in [7, 11) is 0. The van der Waals surface area contributed by atoms with Crippen LogP contribution in [0, 0.1) is 0 Å². The summed E-state index contributed by atoms with van der Waals surface area (Å²) in [5.74, 6) is -1.98. The Labute approximate surface area is 183 Å². The van der Waals surface area contributed by atoms with Gasteiger partial charge in [0.1, 0.15) is 5.54 Å². The van der Waals surface area contributed by atoms with Gasteiger partial charge in [0.15, 0.2) is 6.61 Å². The average molecular weight is 434 g/mol. The number of benzene rings is 2. The van der Waals surface area contributed by atoms with Crippen LogP contribution >= 0.6 is 0 Å². The first-order valence-corrected chi connectivity index (χ1v) is 10.1. The number of ether oxygens (including phenoxy) is 1. The number of carbonyl (C=O) groups excluding carboxylic acids is 4. The number of aromatic amines is 1. The van der Waals surface area contributed by atoms with Crippen LogP contribution in [0.4, 0.5) is 4.79 Å². The molecule has 1 fully saturated rings. The molecule has 0 radical (unpaired) electrons. The zero-order valence-corrected chi connectivity index (χ0v) is 17.4. The number of nitrogens with one attached hydrogen (secondary N) is 3. The van der Waals surface area contributed by atoms with Gasteiger partial charge in [0, 0.05) is 23.5 Å². The van der Waals surface area contributed by atoms with Crippen LogP contribution in [0.5, 0.6) is 0 Å². The van der Waals surface area contributed by atoms with Crippen molar-refractivity contribution in [3.05, 3.63) is 71.9 Å². The van der Waals surface area contributed by atoms with Crippen LogP contribution in [0.1, 0.15) is 24.5 Å². The summed E-state index contributed by atoms with van der Waals surface area (Å²) >= 11 is 0. The largest absolute Gasteiger partial charge is 0.455 e. The number of H-pyrrole nitrogens is 1. The SMILES string of the molecule is C[C@]1(c2ccccc2)NC(=O)N(NC(=O)COC(=O)CCc2c[nH]c3ccccc23)C1=O. The summed E-state index contributed by atoms with van der Waals surface area (Å²) in [5.41, 5.74) is 3.43. The Morgan fingerprint density at radius 2 is 1.78 bits per heavy atom. The first kappa shape index (κ1) is 21.1. The smallest absolute Gasteiger partial charge is 0.344 e. The van der Waals surface area contributed by atoms with Gasteiger partial charge in [0.25, 0.3) is 11.8 Å². The Bertz CT molecular complexity index is 1190. The first-order valence-electron chi connectivity index (χ1n) is 10.1. The van der Waals surface area contributed by atoms with E-state index in [0.717, 1.165) is 16.5 Å². The molecule has 1 saturated heterocycles. The molecular formula is C23H22N4O5. The van der Waals surface area contributed by atoms with Crippen LogP contribution in [-0.4, -0.2) is 40.4 Å². The molecule has 9 heteroatoms. The van der Waals surface area contributed by atoms with Crippen LogP contribution in [0.2, 0.25) is 0 Å². The molecule has 3 aromatic rings. The minimum atomic E-state index is -1.30. The Morgan fingerprint density at radius 1 is 1.06 bits per heavy atom. The maximum atomic E-state index is 12.8. The van der Waals surface area contributed by atoms with Crippen LogP contribution in [0.25, 0.3) is 10.9 Å². The highest BCUT2D eigenvalue weighted by molar-refractivity contribution is 6.08. The third-order valence-corrected chi connectivity index (χ3v) is 5.42. The fraction of sp³-hybridized carbons (Fsp3) is 0.217. The van der Waals surface area contributed by atoms with Crippen molar-refractivity contribution >= 4 is 34.7 Å². The van der Waals surface area contributed by atoms with Crippen molar-refractivity contribution in [2.24, 2.45) is 0 Å². The van der Waals surface area contributed by atoms with Gasteiger partial charge >= 0.3 is 12.0 Å². The molecule has 0 aliphatic carbocycles. The van der Waals surface area contributed by atoms with E-state index in [-0.39, 0.29) is 6.42 Å². The molecule has 4 amide bonds. The number of hydrogen-bond acceptors (Lipinski definition) is 5. The Hall–Kier alpha value is -4.14. The number of urea groups is 1. The van der Waals surface area contributed by atoms with E-state index in [0.29, 0.717) is 17.0 Å². The van der Waals surface area contributed by atoms with Gasteiger partial charge in [-0.25, -0.2) is 4.79 Å². The molecule has 2 aromatic carbocycles. The minimum Gasteiger partial charge on any atom is -0.455 e. The molecule has 2 heterocycles. The molecule has 32 heavy (non-hydrogen) atoms. The molecule has 1 aliphatic rings. The second kappa shape index (κ2) is 8.54. The van der Waals surface area contributed by atoms with Gasteiger partial charge in [-0.1, -0.05) is 48.5 Å². The van der Waals surface area contributed by atoms with E-state index < -0.39 is 36.0 Å². The molecule has 9 nitrogen and oxygen atoms in total. The minimum absolute atomic E-state index is 0.0876. The molecule has 0 saturated carbocycles. The van der Waals surface area contributed by atoms with Crippen molar-refractivity contribution in [2.45, 2.75) is 25.3 Å². The van der Waals surface area contributed by atoms with Crippen molar-refractivity contribution in [1.29, 1.82) is 0 Å². The number of carbonyl (C=O) groups is 4. The first-order chi connectivity index (χ1) is 15.4. The molecule has 4 rings (SSSR count). The van der Waals surface area contributed by atoms with E-state index in [4.69, 9.17) is 4.74 Å². The Kier molecular flexibility index (Phi) is 5.63. The Balaban J connectivity index is 1.28. The third kappa shape index (κ3) is 4.04. The summed E-state index contributed by atoms with van der Waals surface area (Å²) in [5, 5.41) is 4.21. The van der Waals surface area contributed by atoms with Gasteiger partial charge in [-0.2, -0.15) is 5.01 Å². The molecule has 1 aliphatic heterocycles. The topological polar surface area (TPSA) is 121 Å². The molecule has 1 atom stereocenters. The third-order valence-electron chi connectivity index (χ3n) is 5.42. The number of fused-ring (bicyclic) bond motifs is 1. The van der Waals surface area contributed by atoms with Gasteiger partial charge in [0.05, 0.1) is 0 Å². The van der Waals surface area contributed by atoms with E-state index in [9.17, 15) is 19.2 Å². The van der Waals surface area contributed by atoms with Crippen molar-refractivity contribution in [3.63, 3.8) is 0 Å². The lowest BCUT2D eigenvalue weighted by Gasteiger charge is -2.22. The van der Waals surface area contributed by atoms with Gasteiger partial charge in [-0.3, -0.25) is 19.8 Å². The summed E-state index contributed by atoms with van der Waals surface area (Å²) in [6.45, 7) is 0.950. The van der Waals surface area contributed by atoms with Crippen LogP contribution in [0.3, 0.4) is 0 Å². The molecule has 0 spiro atoms. The predicted octanol–water partition coefficient (Wildman–Crippen LogP) is 2.14. The number of nitrogens with zero attached hydrogens (tertiary/aromatic N) is 1. The van der Waals surface area contributed by atoms with Gasteiger partial charge in [0.2, 0.25) is 0 Å². The van der Waals surface area contributed by atoms with E-state index in [1.807, 2.05) is 30.5 Å². The van der Waals surface area contributed by atoms with Crippen LogP contribution < -0.4 is 10.7 Å². The van der Waals surface area contributed by atoms with E-state index >= 15 is 0 Å². The van der Waals surface area contributed by atoms with Crippen molar-refractivity contribution < 1.29 is 23.9 Å². The summed E-state index contributed by atoms with van der Waals surface area (Å²) in [6, 6.07) is 15.7. The lowest BCUT2D eigenvalue weighted by atomic mass is 9.92. The van der Waals surface area contributed by atoms with E-state index in [2.05, 4.69) is 15.7 Å². The molecule has 0 bridgehead atoms. The molecule has 1 aromatic heterocycles. The highest BCUT2D eigenvalue weighted by Gasteiger charge is 2.50. The van der Waals surface area contributed by atoms with Crippen LogP contribution in [-0.2, 0) is 31.1 Å². The molecular weight excluding hydrogens is 412 g/mol. The number of hydrazine groups is 1. The maximum Gasteiger partial charge on any atom is 0.344 e. The second-order valence-electron chi connectivity index (χ2n) is 7.62. The molecule has 0 unspecified atom stereocenters. The van der Waals surface area contributed by atoms with E-state index in [1.165, 1.54) is 0 Å². The molecule has 3 N–H and O–H groups in total. The van der Waals surface area contributed by atoms with Crippen molar-refractivity contribution in [1.82, 2.24) is 20.7 Å². The monoisotopic (exact) mass is 434 g/mol. The summed E-state index contributed by atoms with van der Waals surface area (Å²) in [6.07, 6.45) is 2.38. The van der Waals surface area contributed by atoms with Gasteiger partial charge in [-0.05, 0) is 30.5 Å². The van der Waals surface area contributed by atoms with Gasteiger partial charge < -0.3 is 15.0 Å². The van der Waals surface area contributed by atoms with Gasteiger partial charge in [-0.15, -0.1) is 0 Å². The number of imide groups is 1. The summed E-state index contributed by atoms with van der Waals surface area (Å²) < 4.78 is 5.00. The fourth-order valence-electron chi connectivity index (χ4n) is 3.66. The normalized spacial score (nSPS) is 18.0. The highest BCUT2D eigenvalue weighted by Crippen LogP contribution is 2.27. The lowest BCUT2D eigenvalue weighted by Crippen LogP contribution is -2.49. The number of para-hydroxylation sites is 1. The number of aryl methyl sites for hydroxylation is 1. The summed E-state index contributed by atoms with van der Waals surface area (Å²) in [4.78, 5) is 52.4. The number of aromatic nitrogens is 1. The lowest BCUT2D eigenvalue weighted by molar-refractivity contribution is -0.150. The van der Waals surface area contributed by atoms with E-state index in [1.54, 1.807) is 37.3 Å². The maximum absolute atomic E-state index is 12.8. The van der Waals surface area contributed by atoms with Crippen molar-refractivity contribution in [2.75, 3.05) is 6.61 Å². The molecule has 164 valence electrons. The van der Waals surface area contributed by atoms with Crippen LogP contribution in [0.15, 0.2) is 60.8 Å². The zero-order valence-electron chi connectivity index (χ0n) is 17.4. The average Bonchev–Trinajstić information content (AvgIpc) is 3.31. The number of amides is 4. The number of rotatable bonds is 7. The predicted molar refractivity (Wildman–Crippen MR) is 115 cm³/mol. The Morgan fingerprint density at radius 3 is 2.56 bits per heavy atom. The number of esters is 1. The quantitative estimate of drug-likeness (QED) is 0.389. The number of hydrogen-bond donors (Lipinski definition) is 3. The highest BCUT2D eigenvalue weighted by atomic mass is 16.5. The zero-order chi connectivity index (χ0) is 22.7. The standard InChI is InChI=1S/C23H22N4O5/c1-23(16-7-3-2-4-8-16)21(30)27(22(31)25-23)26-19(28)14-32-20(29)12-11-15-13-24-18-10-6-5-9-17(15)18/h2-10,13,24H,11-12,14H2,1H3,(H,25,31)(H,26,28)/t23-/m1/s1. The fourth-order valence-corrected chi connectivity index (χ4v) is 3.66. The second-order valence-corrected chi connectivity index (χ2v) is 7.62. The van der Waals surface area contributed by atoms with Crippen molar-refractivity contribution in [3.8, 4) is 0 Å².